The summed E-state index contributed by atoms with van der Waals surface area (Å²) in [5, 5.41) is 0. The lowest BCUT2D eigenvalue weighted by Gasteiger charge is -2.33. The van der Waals surface area contributed by atoms with Gasteiger partial charge in [-0.15, -0.1) is 0 Å². The molecular weight excluding hydrogens is 160 g/mol. The van der Waals surface area contributed by atoms with Crippen LogP contribution in [0.15, 0.2) is 0 Å². The number of carbonyl (C=O) groups excluding carboxylic acids is 1. The van der Waals surface area contributed by atoms with Gasteiger partial charge in [0.15, 0.2) is 0 Å². The van der Waals surface area contributed by atoms with Crippen molar-refractivity contribution in [3.8, 4) is 0 Å². The first-order valence-electron chi connectivity index (χ1n) is 5.87. The molecule has 0 saturated heterocycles. The maximum atomic E-state index is 11.7. The van der Waals surface area contributed by atoms with Gasteiger partial charge in [0.2, 0.25) is 0 Å². The lowest BCUT2D eigenvalue weighted by Crippen LogP contribution is -2.32. The number of carbonyl (C=O) groups is 1. The fourth-order valence-corrected chi connectivity index (χ4v) is 5.29. The summed E-state index contributed by atoms with van der Waals surface area (Å²) < 4.78 is 0. The van der Waals surface area contributed by atoms with E-state index in [9.17, 15) is 4.79 Å². The van der Waals surface area contributed by atoms with Crippen LogP contribution in [0.2, 0.25) is 0 Å². The highest BCUT2D eigenvalue weighted by Crippen LogP contribution is 2.66. The summed E-state index contributed by atoms with van der Waals surface area (Å²) in [4.78, 5) is 11.7. The highest BCUT2D eigenvalue weighted by molar-refractivity contribution is 5.85. The zero-order chi connectivity index (χ0) is 8.58. The Morgan fingerprint density at radius 2 is 1.69 bits per heavy atom. The van der Waals surface area contributed by atoms with Crippen LogP contribution in [0.5, 0.6) is 0 Å². The van der Waals surface area contributed by atoms with Crippen LogP contribution in [0.1, 0.15) is 32.1 Å². The van der Waals surface area contributed by atoms with Gasteiger partial charge in [0.25, 0.3) is 0 Å². The van der Waals surface area contributed by atoms with Gasteiger partial charge in [-0.1, -0.05) is 0 Å². The first-order chi connectivity index (χ1) is 6.34. The average Bonchev–Trinajstić information content (AvgIpc) is 2.78. The van der Waals surface area contributed by atoms with Gasteiger partial charge < -0.3 is 0 Å². The van der Waals surface area contributed by atoms with E-state index in [-0.39, 0.29) is 0 Å². The maximum Gasteiger partial charge on any atom is 0.136 e. The fraction of sp³-hybridized carbons (Fsp3) is 0.917. The van der Waals surface area contributed by atoms with Gasteiger partial charge in [0, 0.05) is 12.3 Å². The van der Waals surface area contributed by atoms with Crippen LogP contribution in [0.25, 0.3) is 0 Å². The fourth-order valence-electron chi connectivity index (χ4n) is 5.29. The summed E-state index contributed by atoms with van der Waals surface area (Å²) in [6.07, 6.45) is 6.65. The summed E-state index contributed by atoms with van der Waals surface area (Å²) in [5.41, 5.74) is 0. The summed E-state index contributed by atoms with van der Waals surface area (Å²) >= 11 is 0. The van der Waals surface area contributed by atoms with Crippen LogP contribution in [0, 0.1) is 35.5 Å². The van der Waals surface area contributed by atoms with E-state index in [0.29, 0.717) is 11.7 Å². The number of hydrogen-bond donors (Lipinski definition) is 0. The molecule has 4 rings (SSSR count). The van der Waals surface area contributed by atoms with E-state index in [4.69, 9.17) is 0 Å². The first-order valence-corrected chi connectivity index (χ1v) is 5.87. The molecule has 6 atom stereocenters. The topological polar surface area (TPSA) is 17.1 Å². The quantitative estimate of drug-likeness (QED) is 0.517. The minimum absolute atomic E-state index is 0.533. The standard InChI is InChI=1S/C12H16O/c13-10-5-8-4-9(10)12-7-2-1-6(3-7)11(8)12/h6-9,11-12H,1-5H2. The predicted molar refractivity (Wildman–Crippen MR) is 49.0 cm³/mol. The summed E-state index contributed by atoms with van der Waals surface area (Å²) in [6, 6.07) is 0. The molecule has 70 valence electrons. The molecule has 1 nitrogen and oxygen atoms in total. The van der Waals surface area contributed by atoms with Crippen molar-refractivity contribution in [1.29, 1.82) is 0 Å². The zero-order valence-corrected chi connectivity index (χ0v) is 7.91. The minimum Gasteiger partial charge on any atom is -0.299 e. The molecule has 4 bridgehead atoms. The molecule has 4 aliphatic carbocycles. The molecule has 13 heavy (non-hydrogen) atoms. The molecule has 6 unspecified atom stereocenters. The Morgan fingerprint density at radius 3 is 2.54 bits per heavy atom. The SMILES string of the molecule is O=C1CC2CC1C1C3CCC(C3)C21. The van der Waals surface area contributed by atoms with E-state index in [1.807, 2.05) is 0 Å². The highest BCUT2D eigenvalue weighted by atomic mass is 16.1. The van der Waals surface area contributed by atoms with Crippen molar-refractivity contribution in [2.75, 3.05) is 0 Å². The van der Waals surface area contributed by atoms with Crippen LogP contribution < -0.4 is 0 Å². The van der Waals surface area contributed by atoms with Crippen molar-refractivity contribution >= 4 is 5.78 Å². The van der Waals surface area contributed by atoms with E-state index in [0.717, 1.165) is 36.0 Å². The van der Waals surface area contributed by atoms with E-state index in [1.54, 1.807) is 0 Å². The van der Waals surface area contributed by atoms with E-state index in [2.05, 4.69) is 0 Å². The predicted octanol–water partition coefficient (Wildman–Crippen LogP) is 2.26. The lowest BCUT2D eigenvalue weighted by molar-refractivity contribution is -0.125. The third-order valence-corrected chi connectivity index (χ3v) is 5.49. The Morgan fingerprint density at radius 1 is 0.923 bits per heavy atom. The number of fused-ring (bicyclic) bond motifs is 9. The lowest BCUT2D eigenvalue weighted by atomic mass is 9.71. The number of Topliss-reactive ketones (excluding diaryl/α,β-unsaturated/α-hetero) is 1. The van der Waals surface area contributed by atoms with Crippen LogP contribution >= 0.6 is 0 Å². The third kappa shape index (κ3) is 0.660. The Labute approximate surface area is 78.9 Å². The Balaban J connectivity index is 1.78. The third-order valence-electron chi connectivity index (χ3n) is 5.49. The Hall–Kier alpha value is -0.330. The normalized spacial score (nSPS) is 62.0. The molecule has 0 aromatic carbocycles. The molecule has 4 saturated carbocycles. The molecule has 0 aliphatic heterocycles. The highest BCUT2D eigenvalue weighted by Gasteiger charge is 2.62. The van der Waals surface area contributed by atoms with Gasteiger partial charge in [0.05, 0.1) is 0 Å². The van der Waals surface area contributed by atoms with Crippen LogP contribution in [-0.2, 0) is 4.79 Å². The second-order valence-electron chi connectivity index (χ2n) is 5.76. The van der Waals surface area contributed by atoms with Crippen LogP contribution in [0.3, 0.4) is 0 Å². The van der Waals surface area contributed by atoms with Crippen molar-refractivity contribution in [3.63, 3.8) is 0 Å². The second-order valence-corrected chi connectivity index (χ2v) is 5.76. The number of ketones is 1. The van der Waals surface area contributed by atoms with Crippen molar-refractivity contribution in [3.05, 3.63) is 0 Å². The molecule has 0 heterocycles. The molecule has 0 spiro atoms. The number of rotatable bonds is 0. The smallest absolute Gasteiger partial charge is 0.136 e. The first kappa shape index (κ1) is 7.03. The Bertz CT molecular complexity index is 283. The zero-order valence-electron chi connectivity index (χ0n) is 7.91. The summed E-state index contributed by atoms with van der Waals surface area (Å²) in [6.45, 7) is 0. The molecular formula is C12H16O. The van der Waals surface area contributed by atoms with Crippen LogP contribution in [-0.4, -0.2) is 5.78 Å². The molecule has 4 aliphatic rings. The van der Waals surface area contributed by atoms with Gasteiger partial charge in [-0.25, -0.2) is 0 Å². The molecule has 0 radical (unpaired) electrons. The average molecular weight is 176 g/mol. The van der Waals surface area contributed by atoms with Crippen molar-refractivity contribution in [1.82, 2.24) is 0 Å². The summed E-state index contributed by atoms with van der Waals surface area (Å²) in [7, 11) is 0. The van der Waals surface area contributed by atoms with Gasteiger partial charge in [-0.2, -0.15) is 0 Å². The minimum atomic E-state index is 0.533. The molecule has 1 heteroatoms. The monoisotopic (exact) mass is 176 g/mol. The molecule has 0 N–H and O–H groups in total. The maximum absolute atomic E-state index is 11.7. The van der Waals surface area contributed by atoms with Gasteiger partial charge >= 0.3 is 0 Å². The van der Waals surface area contributed by atoms with Gasteiger partial charge in [-0.3, -0.25) is 4.79 Å². The van der Waals surface area contributed by atoms with Gasteiger partial charge in [-0.05, 0) is 55.3 Å². The van der Waals surface area contributed by atoms with Crippen molar-refractivity contribution in [2.45, 2.75) is 32.1 Å². The Kier molecular flexibility index (Phi) is 1.09. The van der Waals surface area contributed by atoms with Crippen molar-refractivity contribution in [2.24, 2.45) is 35.5 Å². The van der Waals surface area contributed by atoms with E-state index in [1.165, 1.54) is 25.7 Å². The molecule has 4 fully saturated rings. The summed E-state index contributed by atoms with van der Waals surface area (Å²) in [5.74, 6) is 5.86. The van der Waals surface area contributed by atoms with E-state index < -0.39 is 0 Å². The molecule has 0 aromatic rings. The van der Waals surface area contributed by atoms with Crippen LogP contribution in [0.4, 0.5) is 0 Å². The largest absolute Gasteiger partial charge is 0.299 e. The van der Waals surface area contributed by atoms with Crippen molar-refractivity contribution < 1.29 is 4.79 Å². The molecule has 0 amide bonds. The van der Waals surface area contributed by atoms with E-state index >= 15 is 0 Å². The number of hydrogen-bond acceptors (Lipinski definition) is 1. The second kappa shape index (κ2) is 2.02. The molecule has 0 aromatic heterocycles. The van der Waals surface area contributed by atoms with Gasteiger partial charge in [0.1, 0.15) is 5.78 Å².